The molecule has 0 saturated carbocycles. The van der Waals surface area contributed by atoms with E-state index >= 15 is 0 Å². The van der Waals surface area contributed by atoms with Crippen molar-refractivity contribution in [2.45, 2.75) is 44.5 Å². The Balaban J connectivity index is 3.11. The van der Waals surface area contributed by atoms with Crippen molar-refractivity contribution in [1.29, 1.82) is 0 Å². The second kappa shape index (κ2) is 6.14. The number of hydrogen-bond acceptors (Lipinski definition) is 2. The van der Waals surface area contributed by atoms with E-state index in [0.29, 0.717) is 18.4 Å². The topological polar surface area (TPSA) is 23.5 Å². The van der Waals surface area contributed by atoms with Gasteiger partial charge in [0.05, 0.1) is 11.7 Å². The van der Waals surface area contributed by atoms with Crippen molar-refractivity contribution in [2.24, 2.45) is 0 Å². The highest BCUT2D eigenvalue weighted by atomic mass is 19.4. The molecule has 114 valence electrons. The SMILES string of the molecule is CCC(CC)(C(O)c1ccc(C(F)(F)F)cc1)N(C)C. The van der Waals surface area contributed by atoms with Crippen LogP contribution in [0.4, 0.5) is 13.2 Å². The summed E-state index contributed by atoms with van der Waals surface area (Å²) in [7, 11) is 3.75. The minimum Gasteiger partial charge on any atom is -0.386 e. The lowest BCUT2D eigenvalue weighted by Crippen LogP contribution is -2.48. The molecule has 0 aliphatic carbocycles. The van der Waals surface area contributed by atoms with Crippen LogP contribution in [0.5, 0.6) is 0 Å². The average molecular weight is 289 g/mol. The minimum atomic E-state index is -4.35. The molecule has 1 aromatic rings. The highest BCUT2D eigenvalue weighted by Gasteiger charge is 2.38. The highest BCUT2D eigenvalue weighted by Crippen LogP contribution is 2.37. The van der Waals surface area contributed by atoms with Gasteiger partial charge in [-0.15, -0.1) is 0 Å². The third kappa shape index (κ3) is 3.15. The molecular weight excluding hydrogens is 267 g/mol. The predicted molar refractivity (Wildman–Crippen MR) is 73.4 cm³/mol. The molecule has 0 aliphatic heterocycles. The van der Waals surface area contributed by atoms with E-state index in [4.69, 9.17) is 0 Å². The monoisotopic (exact) mass is 289 g/mol. The van der Waals surface area contributed by atoms with E-state index in [2.05, 4.69) is 0 Å². The second-order valence-corrected chi connectivity index (χ2v) is 5.23. The van der Waals surface area contributed by atoms with Crippen LogP contribution in [0.2, 0.25) is 0 Å². The van der Waals surface area contributed by atoms with Crippen LogP contribution < -0.4 is 0 Å². The van der Waals surface area contributed by atoms with Crippen LogP contribution in [-0.4, -0.2) is 29.6 Å². The number of nitrogens with zero attached hydrogens (tertiary/aromatic N) is 1. The van der Waals surface area contributed by atoms with E-state index in [1.165, 1.54) is 12.1 Å². The van der Waals surface area contributed by atoms with E-state index in [1.807, 2.05) is 32.8 Å². The van der Waals surface area contributed by atoms with Crippen LogP contribution in [0, 0.1) is 0 Å². The van der Waals surface area contributed by atoms with Crippen LogP contribution >= 0.6 is 0 Å². The van der Waals surface area contributed by atoms with Crippen molar-refractivity contribution < 1.29 is 18.3 Å². The first-order valence-electron chi connectivity index (χ1n) is 6.71. The van der Waals surface area contributed by atoms with Crippen molar-refractivity contribution in [2.75, 3.05) is 14.1 Å². The molecule has 20 heavy (non-hydrogen) atoms. The predicted octanol–water partition coefficient (Wildman–Crippen LogP) is 3.86. The number of alkyl halides is 3. The molecule has 0 radical (unpaired) electrons. The Kier molecular flexibility index (Phi) is 5.21. The van der Waals surface area contributed by atoms with Crippen LogP contribution in [0.25, 0.3) is 0 Å². The lowest BCUT2D eigenvalue weighted by Gasteiger charge is -2.42. The molecule has 0 fully saturated rings. The molecule has 1 N–H and O–H groups in total. The highest BCUT2D eigenvalue weighted by molar-refractivity contribution is 5.28. The molecule has 1 atom stereocenters. The van der Waals surface area contributed by atoms with Gasteiger partial charge in [-0.3, -0.25) is 0 Å². The molecule has 0 saturated heterocycles. The molecule has 0 aromatic heterocycles. The quantitative estimate of drug-likeness (QED) is 0.889. The molecule has 1 rings (SSSR count). The van der Waals surface area contributed by atoms with Crippen LogP contribution in [0.1, 0.15) is 43.9 Å². The van der Waals surface area contributed by atoms with E-state index in [-0.39, 0.29) is 0 Å². The van der Waals surface area contributed by atoms with Crippen molar-refractivity contribution in [3.8, 4) is 0 Å². The van der Waals surface area contributed by atoms with E-state index in [1.54, 1.807) is 0 Å². The number of aliphatic hydroxyl groups excluding tert-OH is 1. The Bertz CT molecular complexity index is 422. The van der Waals surface area contributed by atoms with Gasteiger partial charge in [0, 0.05) is 5.54 Å². The summed E-state index contributed by atoms with van der Waals surface area (Å²) >= 11 is 0. The Morgan fingerprint density at radius 3 is 1.80 bits per heavy atom. The van der Waals surface area contributed by atoms with Crippen molar-refractivity contribution in [3.63, 3.8) is 0 Å². The van der Waals surface area contributed by atoms with Gasteiger partial charge in [0.2, 0.25) is 0 Å². The van der Waals surface area contributed by atoms with E-state index in [9.17, 15) is 18.3 Å². The molecule has 5 heteroatoms. The maximum Gasteiger partial charge on any atom is 0.416 e. The van der Waals surface area contributed by atoms with Gasteiger partial charge in [-0.2, -0.15) is 13.2 Å². The molecule has 0 heterocycles. The molecule has 0 spiro atoms. The third-order valence-corrected chi connectivity index (χ3v) is 4.18. The summed E-state index contributed by atoms with van der Waals surface area (Å²) in [5.74, 6) is 0. The van der Waals surface area contributed by atoms with Gasteiger partial charge >= 0.3 is 6.18 Å². The zero-order valence-corrected chi connectivity index (χ0v) is 12.3. The van der Waals surface area contributed by atoms with Gasteiger partial charge in [-0.1, -0.05) is 26.0 Å². The van der Waals surface area contributed by atoms with E-state index in [0.717, 1.165) is 12.1 Å². The second-order valence-electron chi connectivity index (χ2n) is 5.23. The number of likely N-dealkylation sites (N-methyl/N-ethyl adjacent to an activating group) is 1. The third-order valence-electron chi connectivity index (χ3n) is 4.18. The van der Waals surface area contributed by atoms with Crippen molar-refractivity contribution in [1.82, 2.24) is 4.90 Å². The largest absolute Gasteiger partial charge is 0.416 e. The number of aliphatic hydroxyl groups is 1. The Morgan fingerprint density at radius 1 is 1.05 bits per heavy atom. The van der Waals surface area contributed by atoms with Crippen LogP contribution in [-0.2, 0) is 6.18 Å². The lowest BCUT2D eigenvalue weighted by molar-refractivity contribution is -0.137. The first-order valence-corrected chi connectivity index (χ1v) is 6.71. The molecule has 0 amide bonds. The normalized spacial score (nSPS) is 14.7. The molecule has 1 aromatic carbocycles. The Hall–Kier alpha value is -1.07. The van der Waals surface area contributed by atoms with Gasteiger partial charge < -0.3 is 10.0 Å². The van der Waals surface area contributed by atoms with Gasteiger partial charge in [0.25, 0.3) is 0 Å². The molecule has 1 unspecified atom stereocenters. The summed E-state index contributed by atoms with van der Waals surface area (Å²) in [6.45, 7) is 3.94. The van der Waals surface area contributed by atoms with Gasteiger partial charge in [0.15, 0.2) is 0 Å². The first kappa shape index (κ1) is 17.0. The molecular formula is C15H22F3NO. The fourth-order valence-electron chi connectivity index (χ4n) is 2.68. The van der Waals surface area contributed by atoms with Crippen LogP contribution in [0.15, 0.2) is 24.3 Å². The van der Waals surface area contributed by atoms with Crippen molar-refractivity contribution in [3.05, 3.63) is 35.4 Å². The molecule has 0 bridgehead atoms. The maximum atomic E-state index is 12.5. The first-order chi connectivity index (χ1) is 9.19. The van der Waals surface area contributed by atoms with Gasteiger partial charge in [-0.05, 0) is 44.6 Å². The number of benzene rings is 1. The summed E-state index contributed by atoms with van der Waals surface area (Å²) in [5, 5.41) is 10.6. The van der Waals surface area contributed by atoms with Gasteiger partial charge in [0.1, 0.15) is 0 Å². The van der Waals surface area contributed by atoms with Gasteiger partial charge in [-0.25, -0.2) is 0 Å². The fourth-order valence-corrected chi connectivity index (χ4v) is 2.68. The van der Waals surface area contributed by atoms with Crippen molar-refractivity contribution >= 4 is 0 Å². The fraction of sp³-hybridized carbons (Fsp3) is 0.600. The smallest absolute Gasteiger partial charge is 0.386 e. The van der Waals surface area contributed by atoms with E-state index < -0.39 is 23.4 Å². The molecule has 0 aliphatic rings. The number of halogens is 3. The summed E-state index contributed by atoms with van der Waals surface area (Å²) in [5.41, 5.74) is -0.660. The summed E-state index contributed by atoms with van der Waals surface area (Å²) in [6, 6.07) is 4.75. The number of hydrogen-bond donors (Lipinski definition) is 1. The summed E-state index contributed by atoms with van der Waals surface area (Å²) in [6.07, 6.45) is -3.76. The average Bonchev–Trinajstić information content (AvgIpc) is 2.39. The maximum absolute atomic E-state index is 12.5. The zero-order chi connectivity index (χ0) is 15.6. The Morgan fingerprint density at radius 2 is 1.50 bits per heavy atom. The summed E-state index contributed by atoms with van der Waals surface area (Å²) in [4.78, 5) is 1.94. The zero-order valence-electron chi connectivity index (χ0n) is 12.3. The lowest BCUT2D eigenvalue weighted by atomic mass is 9.81. The Labute approximate surface area is 118 Å². The van der Waals surface area contributed by atoms with Crippen LogP contribution in [0.3, 0.4) is 0 Å². The summed E-state index contributed by atoms with van der Waals surface area (Å²) < 4.78 is 37.6. The standard InChI is InChI=1S/C15H22F3NO/c1-5-14(6-2,19(3)4)13(20)11-7-9-12(10-8-11)15(16,17)18/h7-10,13,20H,5-6H2,1-4H3. The number of rotatable bonds is 5. The minimum absolute atomic E-state index is 0.472. The molecule has 2 nitrogen and oxygen atoms in total.